The lowest BCUT2D eigenvalue weighted by Gasteiger charge is -2.26. The maximum Gasteiger partial charge on any atom is 0.251 e. The highest BCUT2D eigenvalue weighted by Gasteiger charge is 2.21. The Bertz CT molecular complexity index is 731. The topological polar surface area (TPSA) is 61.2 Å². The van der Waals surface area contributed by atoms with Gasteiger partial charge in [-0.15, -0.1) is 0 Å². The maximum absolute atomic E-state index is 12.3. The number of fused-ring (bicyclic) bond motifs is 1. The van der Waals surface area contributed by atoms with Crippen molar-refractivity contribution in [3.63, 3.8) is 0 Å². The normalized spacial score (nSPS) is 15.6. The van der Waals surface area contributed by atoms with Crippen molar-refractivity contribution in [2.75, 3.05) is 40.4 Å². The molecule has 2 aromatic carbocycles. The number of carbonyl (C=O) groups is 1. The molecule has 0 spiro atoms. The SMILES string of the molecule is C[NH+](C)CCOc1ccc(C(=O)NC[C@@H]2COc3ccccc3O2)cc1. The van der Waals surface area contributed by atoms with Crippen LogP contribution in [0.1, 0.15) is 10.4 Å². The van der Waals surface area contributed by atoms with Gasteiger partial charge in [0, 0.05) is 5.56 Å². The number of carbonyl (C=O) groups excluding carboxylic acids is 1. The lowest BCUT2D eigenvalue weighted by molar-refractivity contribution is -0.858. The molecular formula is C20H25N2O4+. The zero-order valence-corrected chi connectivity index (χ0v) is 15.2. The van der Waals surface area contributed by atoms with Gasteiger partial charge in [-0.2, -0.15) is 0 Å². The molecule has 0 unspecified atom stereocenters. The van der Waals surface area contributed by atoms with E-state index in [1.165, 1.54) is 4.90 Å². The van der Waals surface area contributed by atoms with E-state index in [1.54, 1.807) is 12.1 Å². The van der Waals surface area contributed by atoms with E-state index in [0.29, 0.717) is 31.1 Å². The molecule has 3 rings (SSSR count). The van der Waals surface area contributed by atoms with Gasteiger partial charge in [-0.05, 0) is 36.4 Å². The van der Waals surface area contributed by atoms with Gasteiger partial charge in [-0.1, -0.05) is 12.1 Å². The number of ether oxygens (including phenoxy) is 3. The lowest BCUT2D eigenvalue weighted by Crippen LogP contribution is -3.06. The fraction of sp³-hybridized carbons (Fsp3) is 0.350. The molecule has 0 fully saturated rings. The van der Waals surface area contributed by atoms with Crippen molar-refractivity contribution in [3.8, 4) is 17.2 Å². The molecule has 1 heterocycles. The first-order valence-electron chi connectivity index (χ1n) is 8.80. The standard InChI is InChI=1S/C20H24N2O4/c1-22(2)11-12-24-16-9-7-15(8-10-16)20(23)21-13-17-14-25-18-5-3-4-6-19(18)26-17/h3-10,17H,11-14H2,1-2H3,(H,21,23)/p+1/t17-/m1/s1. The molecule has 0 aliphatic carbocycles. The van der Waals surface area contributed by atoms with Crippen LogP contribution >= 0.6 is 0 Å². The number of hydrogen-bond acceptors (Lipinski definition) is 4. The summed E-state index contributed by atoms with van der Waals surface area (Å²) >= 11 is 0. The van der Waals surface area contributed by atoms with Crippen LogP contribution in [0.3, 0.4) is 0 Å². The molecule has 0 bridgehead atoms. The van der Waals surface area contributed by atoms with E-state index < -0.39 is 0 Å². The lowest BCUT2D eigenvalue weighted by atomic mass is 10.2. The van der Waals surface area contributed by atoms with Gasteiger partial charge in [0.2, 0.25) is 0 Å². The first kappa shape index (κ1) is 18.1. The van der Waals surface area contributed by atoms with Gasteiger partial charge >= 0.3 is 0 Å². The van der Waals surface area contributed by atoms with Gasteiger partial charge in [0.25, 0.3) is 5.91 Å². The molecule has 6 nitrogen and oxygen atoms in total. The van der Waals surface area contributed by atoms with Gasteiger partial charge in [0.1, 0.15) is 31.6 Å². The van der Waals surface area contributed by atoms with Crippen molar-refractivity contribution >= 4 is 5.91 Å². The Morgan fingerprint density at radius 3 is 2.62 bits per heavy atom. The number of para-hydroxylation sites is 2. The molecule has 1 aliphatic rings. The predicted molar refractivity (Wildman–Crippen MR) is 98.3 cm³/mol. The monoisotopic (exact) mass is 357 g/mol. The van der Waals surface area contributed by atoms with Crippen LogP contribution < -0.4 is 24.4 Å². The first-order chi connectivity index (χ1) is 12.6. The molecule has 1 aliphatic heterocycles. The first-order valence-corrected chi connectivity index (χ1v) is 8.80. The number of rotatable bonds is 7. The molecule has 0 saturated heterocycles. The van der Waals surface area contributed by atoms with Crippen molar-refractivity contribution in [3.05, 3.63) is 54.1 Å². The van der Waals surface area contributed by atoms with E-state index in [1.807, 2.05) is 36.4 Å². The van der Waals surface area contributed by atoms with Crippen LogP contribution in [-0.4, -0.2) is 52.4 Å². The third-order valence-electron chi connectivity index (χ3n) is 4.05. The van der Waals surface area contributed by atoms with Crippen LogP contribution in [0.25, 0.3) is 0 Å². The third kappa shape index (κ3) is 4.89. The Hall–Kier alpha value is -2.73. The second-order valence-corrected chi connectivity index (χ2v) is 6.54. The highest BCUT2D eigenvalue weighted by atomic mass is 16.6. The molecule has 0 aromatic heterocycles. The Morgan fingerprint density at radius 2 is 1.88 bits per heavy atom. The average Bonchev–Trinajstić information content (AvgIpc) is 2.66. The molecule has 0 saturated carbocycles. The fourth-order valence-corrected chi connectivity index (χ4v) is 2.55. The zero-order valence-electron chi connectivity index (χ0n) is 15.2. The van der Waals surface area contributed by atoms with Crippen molar-refractivity contribution in [1.82, 2.24) is 5.32 Å². The van der Waals surface area contributed by atoms with Crippen molar-refractivity contribution < 1.29 is 23.9 Å². The van der Waals surface area contributed by atoms with Crippen LogP contribution in [0.4, 0.5) is 0 Å². The summed E-state index contributed by atoms with van der Waals surface area (Å²) in [6, 6.07) is 14.7. The summed E-state index contributed by atoms with van der Waals surface area (Å²) in [5, 5.41) is 2.89. The quantitative estimate of drug-likeness (QED) is 0.769. The second-order valence-electron chi connectivity index (χ2n) is 6.54. The maximum atomic E-state index is 12.3. The van der Waals surface area contributed by atoms with Gasteiger partial charge in [0.05, 0.1) is 20.6 Å². The minimum absolute atomic E-state index is 0.142. The van der Waals surface area contributed by atoms with Gasteiger partial charge < -0.3 is 24.4 Å². The number of hydrogen-bond donors (Lipinski definition) is 2. The van der Waals surface area contributed by atoms with E-state index in [4.69, 9.17) is 14.2 Å². The van der Waals surface area contributed by atoms with Crippen molar-refractivity contribution in [1.29, 1.82) is 0 Å². The summed E-state index contributed by atoms with van der Waals surface area (Å²) in [6.45, 7) is 2.37. The summed E-state index contributed by atoms with van der Waals surface area (Å²) < 4.78 is 17.1. The predicted octanol–water partition coefficient (Wildman–Crippen LogP) is 0.780. The molecule has 138 valence electrons. The summed E-state index contributed by atoms with van der Waals surface area (Å²) in [4.78, 5) is 13.6. The second kappa shape index (κ2) is 8.58. The number of likely N-dealkylation sites (N-methyl/N-ethyl adjacent to an activating group) is 1. The summed E-state index contributed by atoms with van der Waals surface area (Å²) in [7, 11) is 4.16. The Morgan fingerprint density at radius 1 is 1.15 bits per heavy atom. The summed E-state index contributed by atoms with van der Waals surface area (Å²) in [6.07, 6.45) is -0.204. The van der Waals surface area contributed by atoms with Gasteiger partial charge in [-0.3, -0.25) is 4.79 Å². The molecule has 26 heavy (non-hydrogen) atoms. The van der Waals surface area contributed by atoms with E-state index in [-0.39, 0.29) is 12.0 Å². The van der Waals surface area contributed by atoms with E-state index in [9.17, 15) is 4.79 Å². The smallest absolute Gasteiger partial charge is 0.251 e. The van der Waals surface area contributed by atoms with Gasteiger partial charge in [-0.25, -0.2) is 0 Å². The summed E-state index contributed by atoms with van der Waals surface area (Å²) in [5.74, 6) is 2.07. The highest BCUT2D eigenvalue weighted by Crippen LogP contribution is 2.30. The molecule has 2 N–H and O–H groups in total. The van der Waals surface area contributed by atoms with Crippen LogP contribution in [0.5, 0.6) is 17.2 Å². The van der Waals surface area contributed by atoms with Crippen LogP contribution in [0, 0.1) is 0 Å². The third-order valence-corrected chi connectivity index (χ3v) is 4.05. The highest BCUT2D eigenvalue weighted by molar-refractivity contribution is 5.94. The van der Waals surface area contributed by atoms with Gasteiger partial charge in [0.15, 0.2) is 11.5 Å². The molecule has 1 atom stereocenters. The van der Waals surface area contributed by atoms with Crippen molar-refractivity contribution in [2.45, 2.75) is 6.10 Å². The van der Waals surface area contributed by atoms with E-state index >= 15 is 0 Å². The molecular weight excluding hydrogens is 332 g/mol. The number of amides is 1. The Balaban J connectivity index is 1.46. The zero-order chi connectivity index (χ0) is 18.4. The van der Waals surface area contributed by atoms with E-state index in [2.05, 4.69) is 19.4 Å². The minimum atomic E-state index is -0.204. The van der Waals surface area contributed by atoms with E-state index in [0.717, 1.165) is 18.0 Å². The molecule has 0 radical (unpaired) electrons. The Labute approximate surface area is 153 Å². The number of quaternary nitrogens is 1. The fourth-order valence-electron chi connectivity index (χ4n) is 2.55. The number of benzene rings is 2. The molecule has 6 heteroatoms. The van der Waals surface area contributed by atoms with Crippen LogP contribution in [0.2, 0.25) is 0 Å². The molecule has 1 amide bonds. The largest absolute Gasteiger partial charge is 0.488 e. The number of nitrogens with one attached hydrogen (secondary N) is 2. The summed E-state index contributed by atoms with van der Waals surface area (Å²) in [5.41, 5.74) is 0.590. The van der Waals surface area contributed by atoms with Crippen LogP contribution in [0.15, 0.2) is 48.5 Å². The van der Waals surface area contributed by atoms with Crippen molar-refractivity contribution in [2.24, 2.45) is 0 Å². The minimum Gasteiger partial charge on any atom is -0.488 e. The molecule has 2 aromatic rings. The average molecular weight is 357 g/mol. The Kier molecular flexibility index (Phi) is 5.96. The van der Waals surface area contributed by atoms with Crippen LogP contribution in [-0.2, 0) is 0 Å².